The van der Waals surface area contributed by atoms with E-state index in [1.165, 1.54) is 18.2 Å². The maximum absolute atomic E-state index is 13.1. The summed E-state index contributed by atoms with van der Waals surface area (Å²) in [6, 6.07) is 16.7. The Balaban J connectivity index is 1.18. The van der Waals surface area contributed by atoms with Gasteiger partial charge in [0.1, 0.15) is 23.1 Å². The van der Waals surface area contributed by atoms with Gasteiger partial charge in [-0.25, -0.2) is 4.39 Å². The number of halogens is 4. The van der Waals surface area contributed by atoms with Crippen LogP contribution in [0.4, 0.5) is 23.4 Å². The first-order valence-corrected chi connectivity index (χ1v) is 10.6. The predicted octanol–water partition coefficient (Wildman–Crippen LogP) is 4.40. The van der Waals surface area contributed by atoms with Crippen molar-refractivity contribution in [3.05, 3.63) is 77.9 Å². The minimum Gasteiger partial charge on any atom is -0.457 e. The van der Waals surface area contributed by atoms with Crippen molar-refractivity contribution in [3.63, 3.8) is 0 Å². The molecule has 1 saturated heterocycles. The van der Waals surface area contributed by atoms with Crippen LogP contribution in [0.3, 0.4) is 0 Å². The third-order valence-electron chi connectivity index (χ3n) is 5.58. The van der Waals surface area contributed by atoms with Gasteiger partial charge in [0.25, 0.3) is 5.82 Å². The Labute approximate surface area is 192 Å². The monoisotopic (exact) mass is 472 g/mol. The lowest BCUT2D eigenvalue weighted by atomic mass is 10.2. The van der Waals surface area contributed by atoms with Gasteiger partial charge in [-0.05, 0) is 54.1 Å². The van der Waals surface area contributed by atoms with Crippen LogP contribution in [0.15, 0.2) is 60.7 Å². The maximum atomic E-state index is 13.1. The summed E-state index contributed by atoms with van der Waals surface area (Å²) >= 11 is 0. The van der Waals surface area contributed by atoms with E-state index in [2.05, 4.69) is 20.2 Å². The lowest BCUT2D eigenvalue weighted by Crippen LogP contribution is -2.46. The molecule has 1 aliphatic heterocycles. The van der Waals surface area contributed by atoms with Crippen molar-refractivity contribution in [2.24, 2.45) is 0 Å². The van der Waals surface area contributed by atoms with Crippen LogP contribution in [-0.4, -0.2) is 50.9 Å². The first-order chi connectivity index (χ1) is 16.3. The molecule has 0 saturated carbocycles. The minimum atomic E-state index is -4.62. The van der Waals surface area contributed by atoms with Gasteiger partial charge < -0.3 is 9.64 Å². The highest BCUT2D eigenvalue weighted by atomic mass is 19.4. The molecule has 0 aliphatic carbocycles. The highest BCUT2D eigenvalue weighted by Crippen LogP contribution is 2.28. The Morgan fingerprint density at radius 2 is 1.44 bits per heavy atom. The summed E-state index contributed by atoms with van der Waals surface area (Å²) < 4.78 is 58.9. The fourth-order valence-electron chi connectivity index (χ4n) is 3.82. The van der Waals surface area contributed by atoms with E-state index in [4.69, 9.17) is 4.74 Å². The Bertz CT molecular complexity index is 1270. The SMILES string of the molecule is Fc1ccc(Oc2ccc(CN3CCN(c4ccc5nnc(C(F)(F)F)n5n4)CC3)cc2)cc1. The summed E-state index contributed by atoms with van der Waals surface area (Å²) in [5.74, 6) is 0.235. The summed E-state index contributed by atoms with van der Waals surface area (Å²) in [6.07, 6.45) is -4.62. The summed E-state index contributed by atoms with van der Waals surface area (Å²) in [5, 5.41) is 10.9. The lowest BCUT2D eigenvalue weighted by Gasteiger charge is -2.35. The molecule has 0 amide bonds. The molecular formula is C23H20F4N6O. The summed E-state index contributed by atoms with van der Waals surface area (Å²) in [5.41, 5.74) is 1.17. The average Bonchev–Trinajstić information content (AvgIpc) is 3.26. The Hall–Kier alpha value is -3.73. The van der Waals surface area contributed by atoms with Crippen molar-refractivity contribution < 1.29 is 22.3 Å². The van der Waals surface area contributed by atoms with Gasteiger partial charge in [-0.2, -0.15) is 17.7 Å². The number of nitrogens with zero attached hydrogens (tertiary/aromatic N) is 6. The van der Waals surface area contributed by atoms with Crippen LogP contribution in [0.5, 0.6) is 11.5 Å². The number of rotatable bonds is 5. The maximum Gasteiger partial charge on any atom is 0.453 e. The van der Waals surface area contributed by atoms with Crippen molar-refractivity contribution in [2.75, 3.05) is 31.1 Å². The van der Waals surface area contributed by atoms with E-state index in [9.17, 15) is 17.6 Å². The molecule has 0 radical (unpaired) electrons. The molecule has 7 nitrogen and oxygen atoms in total. The van der Waals surface area contributed by atoms with Crippen molar-refractivity contribution >= 4 is 11.5 Å². The normalized spacial score (nSPS) is 15.1. The summed E-state index contributed by atoms with van der Waals surface area (Å²) in [7, 11) is 0. The summed E-state index contributed by atoms with van der Waals surface area (Å²) in [4.78, 5) is 4.22. The van der Waals surface area contributed by atoms with Gasteiger partial charge in [-0.15, -0.1) is 15.3 Å². The smallest absolute Gasteiger partial charge is 0.453 e. The van der Waals surface area contributed by atoms with Gasteiger partial charge >= 0.3 is 6.18 Å². The van der Waals surface area contributed by atoms with Gasteiger partial charge in [-0.1, -0.05) is 12.1 Å². The largest absolute Gasteiger partial charge is 0.457 e. The number of piperazine rings is 1. The van der Waals surface area contributed by atoms with E-state index in [1.807, 2.05) is 29.2 Å². The quantitative estimate of drug-likeness (QED) is 0.402. The molecule has 2 aromatic heterocycles. The molecule has 0 N–H and O–H groups in total. The van der Waals surface area contributed by atoms with Gasteiger partial charge in [0.15, 0.2) is 5.65 Å². The molecule has 5 rings (SSSR count). The zero-order valence-corrected chi connectivity index (χ0v) is 17.9. The second kappa shape index (κ2) is 8.90. The molecule has 0 spiro atoms. The van der Waals surface area contributed by atoms with Gasteiger partial charge in [0.05, 0.1) is 0 Å². The summed E-state index contributed by atoms with van der Waals surface area (Å²) in [6.45, 7) is 3.48. The van der Waals surface area contributed by atoms with E-state index >= 15 is 0 Å². The molecule has 176 valence electrons. The van der Waals surface area contributed by atoms with Crippen LogP contribution < -0.4 is 9.64 Å². The molecule has 1 aliphatic rings. The topological polar surface area (TPSA) is 58.8 Å². The van der Waals surface area contributed by atoms with Gasteiger partial charge in [-0.3, -0.25) is 4.90 Å². The molecule has 2 aromatic carbocycles. The number of aromatic nitrogens is 4. The van der Waals surface area contributed by atoms with Gasteiger partial charge in [0.2, 0.25) is 0 Å². The van der Waals surface area contributed by atoms with Crippen LogP contribution in [0.2, 0.25) is 0 Å². The van der Waals surface area contributed by atoms with Crippen molar-refractivity contribution in [1.82, 2.24) is 24.7 Å². The Morgan fingerprint density at radius 1 is 0.794 bits per heavy atom. The highest BCUT2D eigenvalue weighted by molar-refractivity contribution is 5.46. The molecule has 0 unspecified atom stereocenters. The van der Waals surface area contributed by atoms with Crippen molar-refractivity contribution in [2.45, 2.75) is 12.7 Å². The van der Waals surface area contributed by atoms with Crippen molar-refractivity contribution in [1.29, 1.82) is 0 Å². The number of anilines is 1. The van der Waals surface area contributed by atoms with Crippen LogP contribution in [0, 0.1) is 5.82 Å². The Morgan fingerprint density at radius 3 is 2.09 bits per heavy atom. The zero-order valence-electron chi connectivity index (χ0n) is 17.9. The number of hydrogen-bond donors (Lipinski definition) is 0. The molecule has 34 heavy (non-hydrogen) atoms. The van der Waals surface area contributed by atoms with Crippen LogP contribution >= 0.6 is 0 Å². The van der Waals surface area contributed by atoms with Crippen LogP contribution in [0.25, 0.3) is 5.65 Å². The van der Waals surface area contributed by atoms with Crippen molar-refractivity contribution in [3.8, 4) is 11.5 Å². The molecule has 3 heterocycles. The molecule has 11 heteroatoms. The second-order valence-corrected chi connectivity index (χ2v) is 7.95. The molecule has 0 bridgehead atoms. The van der Waals surface area contributed by atoms with E-state index < -0.39 is 12.0 Å². The number of ether oxygens (including phenoxy) is 1. The highest BCUT2D eigenvalue weighted by Gasteiger charge is 2.37. The molecule has 4 aromatic rings. The minimum absolute atomic E-state index is 0.0570. The molecular weight excluding hydrogens is 452 g/mol. The predicted molar refractivity (Wildman–Crippen MR) is 116 cm³/mol. The van der Waals surface area contributed by atoms with E-state index in [0.29, 0.717) is 30.4 Å². The first kappa shape index (κ1) is 22.1. The second-order valence-electron chi connectivity index (χ2n) is 7.95. The molecule has 0 atom stereocenters. The number of fused-ring (bicyclic) bond motifs is 1. The first-order valence-electron chi connectivity index (χ1n) is 10.6. The van der Waals surface area contributed by atoms with E-state index in [1.54, 1.807) is 18.2 Å². The fraction of sp³-hybridized carbons (Fsp3) is 0.261. The third-order valence-corrected chi connectivity index (χ3v) is 5.58. The third kappa shape index (κ3) is 4.79. The Kier molecular flexibility index (Phi) is 5.78. The average molecular weight is 472 g/mol. The fourth-order valence-corrected chi connectivity index (χ4v) is 3.82. The molecule has 1 fully saturated rings. The lowest BCUT2D eigenvalue weighted by molar-refractivity contribution is -0.146. The van der Waals surface area contributed by atoms with E-state index in [-0.39, 0.29) is 11.5 Å². The van der Waals surface area contributed by atoms with E-state index in [0.717, 1.165) is 29.7 Å². The number of benzene rings is 2. The van der Waals surface area contributed by atoms with Crippen LogP contribution in [0.1, 0.15) is 11.4 Å². The number of alkyl halides is 3. The number of hydrogen-bond acceptors (Lipinski definition) is 6. The van der Waals surface area contributed by atoms with Gasteiger partial charge in [0, 0.05) is 32.7 Å². The van der Waals surface area contributed by atoms with Crippen LogP contribution in [-0.2, 0) is 12.7 Å². The zero-order chi connectivity index (χ0) is 23.7. The standard InChI is InChI=1S/C23H20F4N6O/c24-17-3-7-19(8-4-17)34-18-5-1-16(2-6-18)15-31-11-13-32(14-12-31)21-10-9-20-28-29-22(23(25,26)27)33(20)30-21/h1-10H,11-15H2.